The van der Waals surface area contributed by atoms with E-state index in [1.807, 2.05) is 11.3 Å². The number of fused-ring (bicyclic) bond motifs is 1. The summed E-state index contributed by atoms with van der Waals surface area (Å²) in [6.45, 7) is 5.12. The van der Waals surface area contributed by atoms with E-state index in [1.54, 1.807) is 0 Å². The maximum absolute atomic E-state index is 5.24. The first-order valence-corrected chi connectivity index (χ1v) is 6.03. The molecular formula is C10H14N2OS. The van der Waals surface area contributed by atoms with Crippen LogP contribution in [0.5, 0.6) is 0 Å². The van der Waals surface area contributed by atoms with Crippen molar-refractivity contribution in [3.63, 3.8) is 0 Å². The monoisotopic (exact) mass is 210 g/mol. The fourth-order valence-electron chi connectivity index (χ4n) is 2.01. The molecule has 0 aliphatic carbocycles. The zero-order valence-electron chi connectivity index (χ0n) is 8.32. The van der Waals surface area contributed by atoms with Gasteiger partial charge in [0.25, 0.3) is 0 Å². The van der Waals surface area contributed by atoms with Crippen molar-refractivity contribution in [2.24, 2.45) is 0 Å². The van der Waals surface area contributed by atoms with E-state index < -0.39 is 0 Å². The third-order valence-corrected chi connectivity index (χ3v) is 4.21. The summed E-state index contributed by atoms with van der Waals surface area (Å²) in [6.07, 6.45) is 2.19. The summed E-state index contributed by atoms with van der Waals surface area (Å²) in [6, 6.07) is 0.626. The van der Waals surface area contributed by atoms with Crippen LogP contribution in [0.2, 0.25) is 0 Å². The molecule has 1 aromatic rings. The molecule has 3 heterocycles. The SMILES string of the molecule is CCc1nc2c(s1)N(C1COC1)CC2. The lowest BCUT2D eigenvalue weighted by Crippen LogP contribution is -2.48. The minimum Gasteiger partial charge on any atom is -0.377 e. The van der Waals surface area contributed by atoms with E-state index in [9.17, 15) is 0 Å². The molecule has 3 nitrogen and oxygen atoms in total. The Kier molecular flexibility index (Phi) is 1.99. The van der Waals surface area contributed by atoms with Crippen molar-refractivity contribution in [1.82, 2.24) is 4.98 Å². The van der Waals surface area contributed by atoms with Crippen LogP contribution in [-0.4, -0.2) is 30.8 Å². The maximum Gasteiger partial charge on any atom is 0.115 e. The smallest absolute Gasteiger partial charge is 0.115 e. The molecule has 3 rings (SSSR count). The summed E-state index contributed by atoms with van der Waals surface area (Å²) in [5.74, 6) is 0. The molecule has 2 aliphatic heterocycles. The molecule has 1 fully saturated rings. The lowest BCUT2D eigenvalue weighted by Gasteiger charge is -2.35. The van der Waals surface area contributed by atoms with Gasteiger partial charge in [0.1, 0.15) is 5.00 Å². The second kappa shape index (κ2) is 3.21. The Morgan fingerprint density at radius 2 is 2.43 bits per heavy atom. The van der Waals surface area contributed by atoms with Gasteiger partial charge in [-0.2, -0.15) is 0 Å². The van der Waals surface area contributed by atoms with Crippen molar-refractivity contribution in [2.45, 2.75) is 25.8 Å². The summed E-state index contributed by atoms with van der Waals surface area (Å²) in [7, 11) is 0. The minimum absolute atomic E-state index is 0.626. The van der Waals surface area contributed by atoms with Crippen LogP contribution in [0.3, 0.4) is 0 Å². The zero-order chi connectivity index (χ0) is 9.54. The van der Waals surface area contributed by atoms with Crippen LogP contribution in [0, 0.1) is 0 Å². The first-order valence-electron chi connectivity index (χ1n) is 5.21. The minimum atomic E-state index is 0.626. The molecule has 0 aromatic carbocycles. The summed E-state index contributed by atoms with van der Waals surface area (Å²) in [5, 5.41) is 2.69. The Morgan fingerprint density at radius 3 is 3.07 bits per heavy atom. The topological polar surface area (TPSA) is 25.4 Å². The Labute approximate surface area is 87.7 Å². The molecule has 1 saturated heterocycles. The number of nitrogens with zero attached hydrogens (tertiary/aromatic N) is 2. The molecule has 0 saturated carbocycles. The van der Waals surface area contributed by atoms with Gasteiger partial charge in [0, 0.05) is 13.0 Å². The van der Waals surface area contributed by atoms with Gasteiger partial charge in [0.2, 0.25) is 0 Å². The summed E-state index contributed by atoms with van der Waals surface area (Å²) < 4.78 is 5.24. The second-order valence-corrected chi connectivity index (χ2v) is 4.91. The highest BCUT2D eigenvalue weighted by Crippen LogP contribution is 2.36. The molecule has 0 unspecified atom stereocenters. The maximum atomic E-state index is 5.24. The molecule has 1 aromatic heterocycles. The Bertz CT molecular complexity index is 346. The number of rotatable bonds is 2. The number of aromatic nitrogens is 1. The van der Waals surface area contributed by atoms with Gasteiger partial charge in [0.15, 0.2) is 0 Å². The summed E-state index contributed by atoms with van der Waals surface area (Å²) in [5.41, 5.74) is 1.32. The van der Waals surface area contributed by atoms with Gasteiger partial charge < -0.3 is 9.64 Å². The van der Waals surface area contributed by atoms with Gasteiger partial charge in [0.05, 0.1) is 30.0 Å². The van der Waals surface area contributed by atoms with Gasteiger partial charge in [-0.3, -0.25) is 0 Å². The van der Waals surface area contributed by atoms with Crippen molar-refractivity contribution >= 4 is 16.3 Å². The number of anilines is 1. The van der Waals surface area contributed by atoms with Crippen LogP contribution in [0.4, 0.5) is 5.00 Å². The fraction of sp³-hybridized carbons (Fsp3) is 0.700. The third kappa shape index (κ3) is 1.17. The van der Waals surface area contributed by atoms with Crippen LogP contribution in [0.1, 0.15) is 17.6 Å². The van der Waals surface area contributed by atoms with E-state index >= 15 is 0 Å². The molecule has 0 radical (unpaired) electrons. The van der Waals surface area contributed by atoms with Crippen LogP contribution < -0.4 is 4.90 Å². The van der Waals surface area contributed by atoms with Gasteiger partial charge in [-0.1, -0.05) is 6.92 Å². The van der Waals surface area contributed by atoms with Crippen LogP contribution in [0.15, 0.2) is 0 Å². The van der Waals surface area contributed by atoms with Gasteiger partial charge >= 0.3 is 0 Å². The quantitative estimate of drug-likeness (QED) is 0.739. The average Bonchev–Trinajstić information content (AvgIpc) is 2.63. The Morgan fingerprint density at radius 1 is 1.57 bits per heavy atom. The van der Waals surface area contributed by atoms with Crippen molar-refractivity contribution in [3.05, 3.63) is 10.7 Å². The molecule has 76 valence electrons. The molecular weight excluding hydrogens is 196 g/mol. The predicted molar refractivity (Wildman–Crippen MR) is 57.1 cm³/mol. The predicted octanol–water partition coefficient (Wildman–Crippen LogP) is 1.47. The highest BCUT2D eigenvalue weighted by molar-refractivity contribution is 7.16. The molecule has 0 spiro atoms. The van der Waals surface area contributed by atoms with Crippen LogP contribution >= 0.6 is 11.3 Å². The first kappa shape index (κ1) is 8.68. The molecule has 0 bridgehead atoms. The summed E-state index contributed by atoms with van der Waals surface area (Å²) >= 11 is 1.87. The van der Waals surface area contributed by atoms with Crippen LogP contribution in [-0.2, 0) is 17.6 Å². The van der Waals surface area contributed by atoms with Gasteiger partial charge in [-0.15, -0.1) is 11.3 Å². The highest BCUT2D eigenvalue weighted by atomic mass is 32.1. The molecule has 0 N–H and O–H groups in total. The number of aryl methyl sites for hydroxylation is 1. The molecule has 14 heavy (non-hydrogen) atoms. The standard InChI is InChI=1S/C10H14N2OS/c1-2-9-11-8-3-4-12(10(8)14-9)7-5-13-6-7/h7H,2-6H2,1H3. The van der Waals surface area contributed by atoms with Crippen molar-refractivity contribution in [1.29, 1.82) is 0 Å². The molecule has 2 aliphatic rings. The molecule has 0 amide bonds. The van der Waals surface area contributed by atoms with E-state index in [0.717, 1.165) is 32.6 Å². The number of hydrogen-bond acceptors (Lipinski definition) is 4. The lowest BCUT2D eigenvalue weighted by atomic mass is 10.2. The number of hydrogen-bond donors (Lipinski definition) is 0. The largest absolute Gasteiger partial charge is 0.377 e. The Hall–Kier alpha value is -0.610. The normalized spacial score (nSPS) is 21.1. The van der Waals surface area contributed by atoms with E-state index in [0.29, 0.717) is 6.04 Å². The van der Waals surface area contributed by atoms with E-state index in [4.69, 9.17) is 4.74 Å². The van der Waals surface area contributed by atoms with Gasteiger partial charge in [-0.25, -0.2) is 4.98 Å². The second-order valence-electron chi connectivity index (χ2n) is 3.85. The Balaban J connectivity index is 1.88. The van der Waals surface area contributed by atoms with E-state index in [2.05, 4.69) is 16.8 Å². The fourth-order valence-corrected chi connectivity index (χ4v) is 3.16. The molecule has 0 atom stereocenters. The van der Waals surface area contributed by atoms with Crippen molar-refractivity contribution < 1.29 is 4.74 Å². The van der Waals surface area contributed by atoms with E-state index in [1.165, 1.54) is 15.7 Å². The van der Waals surface area contributed by atoms with Crippen LogP contribution in [0.25, 0.3) is 0 Å². The lowest BCUT2D eigenvalue weighted by molar-refractivity contribution is 0.00907. The summed E-state index contributed by atoms with van der Waals surface area (Å²) in [4.78, 5) is 7.12. The molecule has 4 heteroatoms. The zero-order valence-corrected chi connectivity index (χ0v) is 9.14. The third-order valence-electron chi connectivity index (χ3n) is 2.94. The van der Waals surface area contributed by atoms with E-state index in [-0.39, 0.29) is 0 Å². The number of thiazole rings is 1. The van der Waals surface area contributed by atoms with Crippen molar-refractivity contribution in [2.75, 3.05) is 24.7 Å². The van der Waals surface area contributed by atoms with Gasteiger partial charge in [-0.05, 0) is 6.42 Å². The average molecular weight is 210 g/mol. The first-order chi connectivity index (χ1) is 6.88. The van der Waals surface area contributed by atoms with Crippen molar-refractivity contribution in [3.8, 4) is 0 Å². The number of ether oxygens (including phenoxy) is 1. The highest BCUT2D eigenvalue weighted by Gasteiger charge is 2.33.